The summed E-state index contributed by atoms with van der Waals surface area (Å²) in [6, 6.07) is 15.3. The number of hydrogen-bond acceptors (Lipinski definition) is 4. The van der Waals surface area contributed by atoms with Crippen LogP contribution in [-0.2, 0) is 10.2 Å². The Kier molecular flexibility index (Phi) is 6.11. The predicted molar refractivity (Wildman–Crippen MR) is 116 cm³/mol. The van der Waals surface area contributed by atoms with Gasteiger partial charge in [-0.05, 0) is 29.2 Å². The van der Waals surface area contributed by atoms with Gasteiger partial charge in [0.1, 0.15) is 0 Å². The van der Waals surface area contributed by atoms with Crippen molar-refractivity contribution in [3.05, 3.63) is 59.7 Å². The summed E-state index contributed by atoms with van der Waals surface area (Å²) >= 11 is 0. The first kappa shape index (κ1) is 20.7. The van der Waals surface area contributed by atoms with Crippen LogP contribution in [0.3, 0.4) is 0 Å². The maximum atomic E-state index is 12.8. The Morgan fingerprint density at radius 2 is 1.55 bits per heavy atom. The number of carbonyl (C=O) groups is 2. The smallest absolute Gasteiger partial charge is 0.339 e. The summed E-state index contributed by atoms with van der Waals surface area (Å²) in [6.45, 7) is 8.88. The van der Waals surface area contributed by atoms with Gasteiger partial charge in [0.25, 0.3) is 0 Å². The van der Waals surface area contributed by atoms with Crippen LogP contribution in [-0.4, -0.2) is 50.2 Å². The molecule has 0 atom stereocenters. The molecule has 0 bridgehead atoms. The van der Waals surface area contributed by atoms with Gasteiger partial charge in [-0.25, -0.2) is 9.59 Å². The molecule has 3 rings (SSSR count). The van der Waals surface area contributed by atoms with Gasteiger partial charge in [0, 0.05) is 31.9 Å². The first-order valence-electron chi connectivity index (χ1n) is 9.89. The molecular formula is C23H29N3O3. The molecule has 1 aliphatic heterocycles. The standard InChI is InChI=1S/C23H29N3O3/c1-23(2,3)18-10-6-7-11-19(18)24-22(28)26-15-13-25(14-16-26)20-12-8-5-9-17(20)21(27)29-4/h5-12H,13-16H2,1-4H3,(H,24,28). The third kappa shape index (κ3) is 4.70. The number of nitrogens with zero attached hydrogens (tertiary/aromatic N) is 2. The van der Waals surface area contributed by atoms with Crippen molar-refractivity contribution in [1.29, 1.82) is 0 Å². The number of nitrogens with one attached hydrogen (secondary N) is 1. The molecule has 2 aromatic carbocycles. The molecule has 6 nitrogen and oxygen atoms in total. The van der Waals surface area contributed by atoms with E-state index in [1.54, 1.807) is 6.07 Å². The van der Waals surface area contributed by atoms with Crippen molar-refractivity contribution in [2.24, 2.45) is 0 Å². The number of hydrogen-bond donors (Lipinski definition) is 1. The fraction of sp³-hybridized carbons (Fsp3) is 0.391. The van der Waals surface area contributed by atoms with E-state index < -0.39 is 0 Å². The third-order valence-electron chi connectivity index (χ3n) is 5.19. The van der Waals surface area contributed by atoms with E-state index in [1.807, 2.05) is 41.3 Å². The summed E-state index contributed by atoms with van der Waals surface area (Å²) in [5, 5.41) is 3.07. The number of piperazine rings is 1. The van der Waals surface area contributed by atoms with E-state index in [0.717, 1.165) is 16.9 Å². The average Bonchev–Trinajstić information content (AvgIpc) is 2.73. The highest BCUT2D eigenvalue weighted by Crippen LogP contribution is 2.29. The van der Waals surface area contributed by atoms with Crippen molar-refractivity contribution >= 4 is 23.4 Å². The molecule has 154 valence electrons. The van der Waals surface area contributed by atoms with Gasteiger partial charge in [0.2, 0.25) is 0 Å². The highest BCUT2D eigenvalue weighted by Gasteiger charge is 2.25. The minimum absolute atomic E-state index is 0.0554. The van der Waals surface area contributed by atoms with Gasteiger partial charge in [-0.3, -0.25) is 0 Å². The second-order valence-corrected chi connectivity index (χ2v) is 8.21. The number of para-hydroxylation sites is 2. The lowest BCUT2D eigenvalue weighted by atomic mass is 9.86. The summed E-state index contributed by atoms with van der Waals surface area (Å²) in [5.74, 6) is -0.348. The molecule has 0 saturated carbocycles. The summed E-state index contributed by atoms with van der Waals surface area (Å²) in [6.07, 6.45) is 0. The van der Waals surface area contributed by atoms with Crippen LogP contribution in [0.2, 0.25) is 0 Å². The van der Waals surface area contributed by atoms with E-state index in [-0.39, 0.29) is 17.4 Å². The molecule has 1 fully saturated rings. The highest BCUT2D eigenvalue weighted by atomic mass is 16.5. The molecule has 0 spiro atoms. The van der Waals surface area contributed by atoms with Gasteiger partial charge < -0.3 is 19.9 Å². The van der Waals surface area contributed by atoms with E-state index in [9.17, 15) is 9.59 Å². The van der Waals surface area contributed by atoms with Crippen LogP contribution in [0.25, 0.3) is 0 Å². The van der Waals surface area contributed by atoms with Crippen LogP contribution in [0.15, 0.2) is 48.5 Å². The van der Waals surface area contributed by atoms with Crippen molar-refractivity contribution in [3.8, 4) is 0 Å². The largest absolute Gasteiger partial charge is 0.465 e. The summed E-state index contributed by atoms with van der Waals surface area (Å²) < 4.78 is 4.89. The molecule has 2 amide bonds. The second kappa shape index (κ2) is 8.55. The molecule has 0 aromatic heterocycles. The molecule has 0 aliphatic carbocycles. The van der Waals surface area contributed by atoms with Crippen LogP contribution in [0.1, 0.15) is 36.7 Å². The number of benzene rings is 2. The van der Waals surface area contributed by atoms with Crippen LogP contribution in [0.5, 0.6) is 0 Å². The van der Waals surface area contributed by atoms with Crippen LogP contribution in [0, 0.1) is 0 Å². The number of ether oxygens (including phenoxy) is 1. The zero-order valence-corrected chi connectivity index (χ0v) is 17.6. The van der Waals surface area contributed by atoms with Crippen molar-refractivity contribution < 1.29 is 14.3 Å². The normalized spacial score (nSPS) is 14.5. The summed E-state index contributed by atoms with van der Waals surface area (Å²) in [7, 11) is 1.39. The summed E-state index contributed by atoms with van der Waals surface area (Å²) in [4.78, 5) is 28.8. The Hall–Kier alpha value is -3.02. The fourth-order valence-corrected chi connectivity index (χ4v) is 3.62. The Balaban J connectivity index is 1.67. The van der Waals surface area contributed by atoms with Gasteiger partial charge in [-0.2, -0.15) is 0 Å². The lowest BCUT2D eigenvalue weighted by molar-refractivity contribution is 0.0601. The van der Waals surface area contributed by atoms with Crippen molar-refractivity contribution in [3.63, 3.8) is 0 Å². The third-order valence-corrected chi connectivity index (χ3v) is 5.19. The molecule has 0 unspecified atom stereocenters. The number of esters is 1. The number of rotatable bonds is 3. The molecule has 1 aliphatic rings. The second-order valence-electron chi connectivity index (χ2n) is 8.21. The lowest BCUT2D eigenvalue weighted by Gasteiger charge is -2.37. The molecule has 1 heterocycles. The maximum absolute atomic E-state index is 12.8. The van der Waals surface area contributed by atoms with Gasteiger partial charge in [0.15, 0.2) is 0 Å². The fourth-order valence-electron chi connectivity index (χ4n) is 3.62. The lowest BCUT2D eigenvalue weighted by Crippen LogP contribution is -2.50. The van der Waals surface area contributed by atoms with Crippen molar-refractivity contribution in [2.75, 3.05) is 43.5 Å². The minimum Gasteiger partial charge on any atom is -0.465 e. The van der Waals surface area contributed by atoms with Crippen molar-refractivity contribution in [2.45, 2.75) is 26.2 Å². The summed E-state index contributed by atoms with van der Waals surface area (Å²) in [5.41, 5.74) is 3.30. The first-order valence-corrected chi connectivity index (χ1v) is 9.89. The Bertz CT molecular complexity index is 881. The molecule has 6 heteroatoms. The molecule has 0 radical (unpaired) electrons. The molecule has 1 N–H and O–H groups in total. The Morgan fingerprint density at radius 1 is 0.931 bits per heavy atom. The first-order chi connectivity index (χ1) is 13.8. The Labute approximate surface area is 172 Å². The number of amides is 2. The van der Waals surface area contributed by atoms with Crippen molar-refractivity contribution in [1.82, 2.24) is 4.90 Å². The van der Waals surface area contributed by atoms with E-state index in [4.69, 9.17) is 4.74 Å². The molecule has 29 heavy (non-hydrogen) atoms. The van der Waals surface area contributed by atoms with E-state index in [2.05, 4.69) is 37.1 Å². The van der Waals surface area contributed by atoms with Gasteiger partial charge >= 0.3 is 12.0 Å². The topological polar surface area (TPSA) is 61.9 Å². The average molecular weight is 396 g/mol. The number of carbonyl (C=O) groups excluding carboxylic acids is 2. The van der Waals surface area contributed by atoms with E-state index in [1.165, 1.54) is 7.11 Å². The predicted octanol–water partition coefficient (Wildman–Crippen LogP) is 4.12. The number of anilines is 2. The van der Waals surface area contributed by atoms with Gasteiger partial charge in [-0.1, -0.05) is 51.1 Å². The number of methoxy groups -OCH3 is 1. The SMILES string of the molecule is COC(=O)c1ccccc1N1CCN(C(=O)Nc2ccccc2C(C)(C)C)CC1. The molecular weight excluding hydrogens is 366 g/mol. The van der Waals surface area contributed by atoms with Crippen LogP contribution >= 0.6 is 0 Å². The Morgan fingerprint density at radius 3 is 2.21 bits per heavy atom. The molecule has 1 saturated heterocycles. The van der Waals surface area contributed by atoms with Crippen LogP contribution < -0.4 is 10.2 Å². The monoisotopic (exact) mass is 395 g/mol. The van der Waals surface area contributed by atoms with Gasteiger partial charge in [-0.15, -0.1) is 0 Å². The zero-order chi connectivity index (χ0) is 21.0. The highest BCUT2D eigenvalue weighted by molar-refractivity contribution is 5.96. The van der Waals surface area contributed by atoms with E-state index in [0.29, 0.717) is 31.7 Å². The van der Waals surface area contributed by atoms with Gasteiger partial charge in [0.05, 0.1) is 18.4 Å². The van der Waals surface area contributed by atoms with E-state index >= 15 is 0 Å². The quantitative estimate of drug-likeness (QED) is 0.794. The maximum Gasteiger partial charge on any atom is 0.339 e. The molecule has 2 aromatic rings. The van der Waals surface area contributed by atoms with Crippen LogP contribution in [0.4, 0.5) is 16.2 Å². The minimum atomic E-state index is -0.348. The number of urea groups is 1. The zero-order valence-electron chi connectivity index (χ0n) is 17.6.